The van der Waals surface area contributed by atoms with Crippen LogP contribution in [0.2, 0.25) is 0 Å². The standard InChI is InChI=1S/C21H27N3O2/c1-5-9-20(25)23-19-13-8-12-18(15(19)3)22-16(4)21(26)24-17-11-7-6-10-14(17)2/h6-8,10-13,16,22H,5,9H2,1-4H3,(H,23,25)(H,24,26). The van der Waals surface area contributed by atoms with E-state index in [9.17, 15) is 9.59 Å². The average Bonchev–Trinajstić information content (AvgIpc) is 2.60. The molecule has 0 heterocycles. The molecule has 0 saturated carbocycles. The third-order valence-electron chi connectivity index (χ3n) is 4.25. The molecule has 3 N–H and O–H groups in total. The third kappa shape index (κ3) is 5.09. The first-order chi connectivity index (χ1) is 12.4. The van der Waals surface area contributed by atoms with Gasteiger partial charge in [0.25, 0.3) is 0 Å². The van der Waals surface area contributed by atoms with Gasteiger partial charge in [-0.25, -0.2) is 0 Å². The molecule has 2 amide bonds. The van der Waals surface area contributed by atoms with E-state index in [0.717, 1.165) is 34.6 Å². The molecule has 0 fully saturated rings. The lowest BCUT2D eigenvalue weighted by atomic mass is 10.1. The molecule has 26 heavy (non-hydrogen) atoms. The van der Waals surface area contributed by atoms with E-state index in [1.165, 1.54) is 0 Å². The summed E-state index contributed by atoms with van der Waals surface area (Å²) in [6.07, 6.45) is 1.30. The van der Waals surface area contributed by atoms with Gasteiger partial charge in [0.2, 0.25) is 11.8 Å². The summed E-state index contributed by atoms with van der Waals surface area (Å²) in [5.74, 6) is -0.114. The van der Waals surface area contributed by atoms with E-state index < -0.39 is 6.04 Å². The van der Waals surface area contributed by atoms with Crippen molar-refractivity contribution in [3.05, 3.63) is 53.6 Å². The minimum Gasteiger partial charge on any atom is -0.374 e. The molecule has 1 unspecified atom stereocenters. The second-order valence-electron chi connectivity index (χ2n) is 6.45. The van der Waals surface area contributed by atoms with Crippen LogP contribution in [0.3, 0.4) is 0 Å². The monoisotopic (exact) mass is 353 g/mol. The molecule has 0 saturated heterocycles. The number of hydrogen-bond donors (Lipinski definition) is 3. The first-order valence-electron chi connectivity index (χ1n) is 8.94. The highest BCUT2D eigenvalue weighted by Gasteiger charge is 2.15. The molecule has 0 aliphatic rings. The van der Waals surface area contributed by atoms with Gasteiger partial charge in [0, 0.05) is 23.5 Å². The van der Waals surface area contributed by atoms with Crippen LogP contribution in [-0.2, 0) is 9.59 Å². The second kappa shape index (κ2) is 9.04. The SMILES string of the molecule is CCCC(=O)Nc1cccc(NC(C)C(=O)Nc2ccccc2C)c1C. The van der Waals surface area contributed by atoms with Crippen LogP contribution in [0.25, 0.3) is 0 Å². The van der Waals surface area contributed by atoms with E-state index in [4.69, 9.17) is 0 Å². The smallest absolute Gasteiger partial charge is 0.246 e. The molecule has 0 aliphatic carbocycles. The van der Waals surface area contributed by atoms with Crippen molar-refractivity contribution >= 4 is 28.9 Å². The Balaban J connectivity index is 2.06. The van der Waals surface area contributed by atoms with E-state index >= 15 is 0 Å². The number of para-hydroxylation sites is 1. The van der Waals surface area contributed by atoms with Crippen LogP contribution in [0.1, 0.15) is 37.8 Å². The van der Waals surface area contributed by atoms with Gasteiger partial charge in [0.05, 0.1) is 0 Å². The zero-order valence-electron chi connectivity index (χ0n) is 15.8. The van der Waals surface area contributed by atoms with Crippen LogP contribution in [0.4, 0.5) is 17.1 Å². The number of anilines is 3. The lowest BCUT2D eigenvalue weighted by Crippen LogP contribution is -2.32. The molecule has 0 bridgehead atoms. The normalized spacial score (nSPS) is 11.5. The fraction of sp³-hybridized carbons (Fsp3) is 0.333. The van der Waals surface area contributed by atoms with Crippen LogP contribution in [-0.4, -0.2) is 17.9 Å². The lowest BCUT2D eigenvalue weighted by molar-refractivity contribution is -0.117. The van der Waals surface area contributed by atoms with E-state index in [0.29, 0.717) is 6.42 Å². The van der Waals surface area contributed by atoms with Gasteiger partial charge in [-0.1, -0.05) is 31.2 Å². The van der Waals surface area contributed by atoms with E-state index in [1.54, 1.807) is 0 Å². The van der Waals surface area contributed by atoms with Crippen LogP contribution in [0.5, 0.6) is 0 Å². The summed E-state index contributed by atoms with van der Waals surface area (Å²) in [7, 11) is 0. The molecule has 0 aliphatic heterocycles. The van der Waals surface area contributed by atoms with Crippen molar-refractivity contribution in [2.75, 3.05) is 16.0 Å². The largest absolute Gasteiger partial charge is 0.374 e. The third-order valence-corrected chi connectivity index (χ3v) is 4.25. The maximum Gasteiger partial charge on any atom is 0.246 e. The molecule has 1 atom stereocenters. The number of aryl methyl sites for hydroxylation is 1. The number of carbonyl (C=O) groups is 2. The van der Waals surface area contributed by atoms with Crippen LogP contribution in [0.15, 0.2) is 42.5 Å². The molecular weight excluding hydrogens is 326 g/mol. The summed E-state index contributed by atoms with van der Waals surface area (Å²) < 4.78 is 0. The predicted octanol–water partition coefficient (Wildman–Crippen LogP) is 4.48. The summed E-state index contributed by atoms with van der Waals surface area (Å²) in [6, 6.07) is 12.9. The van der Waals surface area contributed by atoms with Crippen molar-refractivity contribution in [1.29, 1.82) is 0 Å². The van der Waals surface area contributed by atoms with Gasteiger partial charge in [0.15, 0.2) is 0 Å². The van der Waals surface area contributed by atoms with Crippen molar-refractivity contribution < 1.29 is 9.59 Å². The van der Waals surface area contributed by atoms with Crippen molar-refractivity contribution in [3.63, 3.8) is 0 Å². The number of benzene rings is 2. The molecule has 2 aromatic carbocycles. The minimum absolute atomic E-state index is 0.00176. The molecular formula is C21H27N3O2. The quantitative estimate of drug-likeness (QED) is 0.687. The van der Waals surface area contributed by atoms with Crippen molar-refractivity contribution in [2.24, 2.45) is 0 Å². The van der Waals surface area contributed by atoms with Crippen LogP contribution in [0, 0.1) is 13.8 Å². The van der Waals surface area contributed by atoms with Crippen LogP contribution < -0.4 is 16.0 Å². The molecule has 2 rings (SSSR count). The summed E-state index contributed by atoms with van der Waals surface area (Å²) in [6.45, 7) is 7.67. The second-order valence-corrected chi connectivity index (χ2v) is 6.45. The summed E-state index contributed by atoms with van der Waals surface area (Å²) in [4.78, 5) is 24.3. The van der Waals surface area contributed by atoms with E-state index in [-0.39, 0.29) is 11.8 Å². The van der Waals surface area contributed by atoms with Gasteiger partial charge in [0.1, 0.15) is 6.04 Å². The Morgan fingerprint density at radius 1 is 0.923 bits per heavy atom. The van der Waals surface area contributed by atoms with Gasteiger partial charge >= 0.3 is 0 Å². The number of carbonyl (C=O) groups excluding carboxylic acids is 2. The minimum atomic E-state index is -0.421. The highest BCUT2D eigenvalue weighted by Crippen LogP contribution is 2.24. The Hall–Kier alpha value is -2.82. The fourth-order valence-corrected chi connectivity index (χ4v) is 2.62. The maximum atomic E-state index is 12.5. The Kier molecular flexibility index (Phi) is 6.78. The zero-order valence-corrected chi connectivity index (χ0v) is 15.8. The maximum absolute atomic E-state index is 12.5. The molecule has 5 heteroatoms. The fourth-order valence-electron chi connectivity index (χ4n) is 2.62. The Bertz CT molecular complexity index is 787. The number of amides is 2. The topological polar surface area (TPSA) is 70.2 Å². The van der Waals surface area contributed by atoms with Gasteiger partial charge in [-0.15, -0.1) is 0 Å². The molecule has 0 spiro atoms. The summed E-state index contributed by atoms with van der Waals surface area (Å²) in [5.41, 5.74) is 4.33. The summed E-state index contributed by atoms with van der Waals surface area (Å²) in [5, 5.41) is 9.10. The number of rotatable bonds is 7. The van der Waals surface area contributed by atoms with Crippen molar-refractivity contribution in [2.45, 2.75) is 46.6 Å². The Morgan fingerprint density at radius 3 is 2.27 bits per heavy atom. The first-order valence-corrected chi connectivity index (χ1v) is 8.94. The van der Waals surface area contributed by atoms with E-state index in [1.807, 2.05) is 70.2 Å². The van der Waals surface area contributed by atoms with Gasteiger partial charge in [-0.2, -0.15) is 0 Å². The number of hydrogen-bond acceptors (Lipinski definition) is 3. The number of nitrogens with one attached hydrogen (secondary N) is 3. The lowest BCUT2D eigenvalue weighted by Gasteiger charge is -2.19. The van der Waals surface area contributed by atoms with Crippen LogP contribution >= 0.6 is 0 Å². The summed E-state index contributed by atoms with van der Waals surface area (Å²) >= 11 is 0. The molecule has 138 valence electrons. The van der Waals surface area contributed by atoms with Crippen molar-refractivity contribution in [1.82, 2.24) is 0 Å². The van der Waals surface area contributed by atoms with E-state index in [2.05, 4.69) is 16.0 Å². The molecule has 0 radical (unpaired) electrons. The molecule has 5 nitrogen and oxygen atoms in total. The Morgan fingerprint density at radius 2 is 1.58 bits per heavy atom. The Labute approximate surface area is 155 Å². The van der Waals surface area contributed by atoms with Crippen molar-refractivity contribution in [3.8, 4) is 0 Å². The molecule has 0 aromatic heterocycles. The predicted molar refractivity (Wildman–Crippen MR) is 108 cm³/mol. The molecule has 2 aromatic rings. The highest BCUT2D eigenvalue weighted by atomic mass is 16.2. The first kappa shape index (κ1) is 19.5. The highest BCUT2D eigenvalue weighted by molar-refractivity contribution is 5.97. The average molecular weight is 353 g/mol. The van der Waals surface area contributed by atoms with Gasteiger partial charge in [-0.05, 0) is 56.5 Å². The zero-order chi connectivity index (χ0) is 19.1. The van der Waals surface area contributed by atoms with Gasteiger partial charge < -0.3 is 16.0 Å². The van der Waals surface area contributed by atoms with Gasteiger partial charge in [-0.3, -0.25) is 9.59 Å².